The van der Waals surface area contributed by atoms with Crippen LogP contribution in [-0.4, -0.2) is 61.5 Å². The molecule has 0 radical (unpaired) electrons. The van der Waals surface area contributed by atoms with Gasteiger partial charge in [0.2, 0.25) is 5.91 Å². The first kappa shape index (κ1) is 16.4. The second kappa shape index (κ2) is 9.30. The SMILES string of the molecule is CN(CC(=O)N(CCC#N)CCC#N)C1CCCNC1. The van der Waals surface area contributed by atoms with E-state index < -0.39 is 0 Å². The Bertz CT molecular complexity index is 360. The summed E-state index contributed by atoms with van der Waals surface area (Å²) in [5.74, 6) is 0.00331. The third-order valence-electron chi connectivity index (χ3n) is 3.62. The topological polar surface area (TPSA) is 83.2 Å². The molecule has 0 aromatic rings. The molecule has 0 saturated carbocycles. The van der Waals surface area contributed by atoms with E-state index in [2.05, 4.69) is 10.2 Å². The van der Waals surface area contributed by atoms with Crippen molar-refractivity contribution >= 4 is 5.91 Å². The molecule has 1 fully saturated rings. The number of hydrogen-bond acceptors (Lipinski definition) is 5. The Morgan fingerprint density at radius 1 is 1.30 bits per heavy atom. The molecule has 1 heterocycles. The molecule has 1 amide bonds. The fourth-order valence-electron chi connectivity index (χ4n) is 2.38. The van der Waals surface area contributed by atoms with Crippen molar-refractivity contribution in [2.75, 3.05) is 39.8 Å². The summed E-state index contributed by atoms with van der Waals surface area (Å²) in [7, 11) is 1.96. The van der Waals surface area contributed by atoms with Crippen LogP contribution < -0.4 is 5.32 Å². The van der Waals surface area contributed by atoms with Crippen LogP contribution in [0.5, 0.6) is 0 Å². The van der Waals surface area contributed by atoms with Crippen LogP contribution in [0, 0.1) is 22.7 Å². The predicted molar refractivity (Wildman–Crippen MR) is 75.6 cm³/mol. The van der Waals surface area contributed by atoms with Crippen molar-refractivity contribution in [2.45, 2.75) is 31.7 Å². The lowest BCUT2D eigenvalue weighted by molar-refractivity contribution is -0.132. The molecule has 6 heteroatoms. The molecule has 1 N–H and O–H groups in total. The van der Waals surface area contributed by atoms with E-state index in [1.807, 2.05) is 19.2 Å². The number of nitriles is 2. The van der Waals surface area contributed by atoms with Crippen molar-refractivity contribution in [1.29, 1.82) is 10.5 Å². The zero-order valence-corrected chi connectivity index (χ0v) is 12.1. The molecule has 1 aliphatic rings. The van der Waals surface area contributed by atoms with Crippen LogP contribution in [0.2, 0.25) is 0 Å². The summed E-state index contributed by atoms with van der Waals surface area (Å²) in [4.78, 5) is 15.9. The molecule has 0 aromatic heterocycles. The number of carbonyl (C=O) groups excluding carboxylic acids is 1. The molecule has 6 nitrogen and oxygen atoms in total. The lowest BCUT2D eigenvalue weighted by atomic mass is 10.1. The lowest BCUT2D eigenvalue weighted by Crippen LogP contribution is -2.48. The predicted octanol–water partition coefficient (Wildman–Crippen LogP) is 0.326. The minimum absolute atomic E-state index is 0.00331. The van der Waals surface area contributed by atoms with Gasteiger partial charge in [0.15, 0.2) is 0 Å². The summed E-state index contributed by atoms with van der Waals surface area (Å²) in [5.41, 5.74) is 0. The Morgan fingerprint density at radius 2 is 1.95 bits per heavy atom. The third-order valence-corrected chi connectivity index (χ3v) is 3.62. The molecule has 0 aliphatic carbocycles. The summed E-state index contributed by atoms with van der Waals surface area (Å²) in [6.45, 7) is 3.14. The Morgan fingerprint density at radius 3 is 2.45 bits per heavy atom. The molecule has 0 spiro atoms. The maximum atomic E-state index is 12.3. The number of likely N-dealkylation sites (N-methyl/N-ethyl adjacent to an activating group) is 1. The quantitative estimate of drug-likeness (QED) is 0.725. The fraction of sp³-hybridized carbons (Fsp3) is 0.786. The van der Waals surface area contributed by atoms with Crippen molar-refractivity contribution < 1.29 is 4.79 Å². The van der Waals surface area contributed by atoms with Crippen LogP contribution in [0.15, 0.2) is 0 Å². The maximum absolute atomic E-state index is 12.3. The Hall–Kier alpha value is -1.63. The Balaban J connectivity index is 2.46. The highest BCUT2D eigenvalue weighted by Crippen LogP contribution is 2.09. The van der Waals surface area contributed by atoms with Gasteiger partial charge in [0.25, 0.3) is 0 Å². The molecular formula is C14H23N5O. The molecule has 1 atom stereocenters. The summed E-state index contributed by atoms with van der Waals surface area (Å²) in [6, 6.07) is 4.48. The number of rotatable bonds is 7. The Labute approximate surface area is 120 Å². The van der Waals surface area contributed by atoms with E-state index in [0.29, 0.717) is 38.5 Å². The highest BCUT2D eigenvalue weighted by atomic mass is 16.2. The van der Waals surface area contributed by atoms with Crippen LogP contribution in [0.4, 0.5) is 0 Å². The maximum Gasteiger partial charge on any atom is 0.236 e. The van der Waals surface area contributed by atoms with Gasteiger partial charge in [0.05, 0.1) is 31.5 Å². The Kier molecular flexibility index (Phi) is 7.64. The third kappa shape index (κ3) is 5.56. The van der Waals surface area contributed by atoms with Crippen molar-refractivity contribution in [2.24, 2.45) is 0 Å². The highest BCUT2D eigenvalue weighted by Gasteiger charge is 2.22. The zero-order chi connectivity index (χ0) is 14.8. The first-order chi connectivity index (χ1) is 9.69. The summed E-state index contributed by atoms with van der Waals surface area (Å²) >= 11 is 0. The van der Waals surface area contributed by atoms with Gasteiger partial charge in [-0.3, -0.25) is 9.69 Å². The first-order valence-corrected chi connectivity index (χ1v) is 7.11. The fourth-order valence-corrected chi connectivity index (χ4v) is 2.38. The van der Waals surface area contributed by atoms with Gasteiger partial charge in [0, 0.05) is 25.7 Å². The van der Waals surface area contributed by atoms with Crippen molar-refractivity contribution in [3.63, 3.8) is 0 Å². The van der Waals surface area contributed by atoms with Gasteiger partial charge in [-0.05, 0) is 26.4 Å². The van der Waals surface area contributed by atoms with Crippen LogP contribution in [0.1, 0.15) is 25.7 Å². The number of carbonyl (C=O) groups is 1. The van der Waals surface area contributed by atoms with Crippen molar-refractivity contribution in [3.05, 3.63) is 0 Å². The second-order valence-corrected chi connectivity index (χ2v) is 5.11. The molecule has 1 aliphatic heterocycles. The molecule has 110 valence electrons. The number of piperidine rings is 1. The lowest BCUT2D eigenvalue weighted by Gasteiger charge is -2.32. The number of hydrogen-bond donors (Lipinski definition) is 1. The van der Waals surface area contributed by atoms with Gasteiger partial charge in [-0.1, -0.05) is 0 Å². The minimum Gasteiger partial charge on any atom is -0.340 e. The number of nitrogens with one attached hydrogen (secondary N) is 1. The van der Waals surface area contributed by atoms with E-state index in [4.69, 9.17) is 10.5 Å². The highest BCUT2D eigenvalue weighted by molar-refractivity contribution is 5.78. The summed E-state index contributed by atoms with van der Waals surface area (Å²) in [6.07, 6.45) is 2.86. The smallest absolute Gasteiger partial charge is 0.236 e. The number of amides is 1. The van der Waals surface area contributed by atoms with Crippen molar-refractivity contribution in [3.8, 4) is 12.1 Å². The monoisotopic (exact) mass is 277 g/mol. The number of nitrogens with zero attached hydrogens (tertiary/aromatic N) is 4. The molecule has 20 heavy (non-hydrogen) atoms. The van der Waals surface area contributed by atoms with E-state index >= 15 is 0 Å². The van der Waals surface area contributed by atoms with E-state index in [0.717, 1.165) is 25.9 Å². The molecule has 1 unspecified atom stereocenters. The van der Waals surface area contributed by atoms with E-state index in [9.17, 15) is 4.79 Å². The van der Waals surface area contributed by atoms with Crippen LogP contribution in [0.25, 0.3) is 0 Å². The van der Waals surface area contributed by atoms with Gasteiger partial charge < -0.3 is 10.2 Å². The average Bonchev–Trinajstić information content (AvgIpc) is 2.48. The van der Waals surface area contributed by atoms with Crippen LogP contribution in [-0.2, 0) is 4.79 Å². The van der Waals surface area contributed by atoms with Gasteiger partial charge in [-0.2, -0.15) is 10.5 Å². The van der Waals surface area contributed by atoms with Gasteiger partial charge in [0.1, 0.15) is 0 Å². The second-order valence-electron chi connectivity index (χ2n) is 5.11. The van der Waals surface area contributed by atoms with Gasteiger partial charge in [-0.25, -0.2) is 0 Å². The average molecular weight is 277 g/mol. The van der Waals surface area contributed by atoms with E-state index in [1.165, 1.54) is 0 Å². The first-order valence-electron chi connectivity index (χ1n) is 7.11. The largest absolute Gasteiger partial charge is 0.340 e. The van der Waals surface area contributed by atoms with Crippen LogP contribution in [0.3, 0.4) is 0 Å². The molecule has 0 bridgehead atoms. The normalized spacial score (nSPS) is 18.3. The summed E-state index contributed by atoms with van der Waals surface area (Å²) in [5, 5.41) is 20.6. The van der Waals surface area contributed by atoms with E-state index in [-0.39, 0.29) is 5.91 Å². The molecule has 1 saturated heterocycles. The zero-order valence-electron chi connectivity index (χ0n) is 12.1. The standard InChI is InChI=1S/C14H23N5O/c1-18(13-5-2-8-17-11-13)12-14(20)19(9-3-6-15)10-4-7-16/h13,17H,2-5,8-12H2,1H3. The van der Waals surface area contributed by atoms with Gasteiger partial charge >= 0.3 is 0 Å². The molecule has 0 aromatic carbocycles. The van der Waals surface area contributed by atoms with Crippen LogP contribution >= 0.6 is 0 Å². The summed E-state index contributed by atoms with van der Waals surface area (Å²) < 4.78 is 0. The molecule has 1 rings (SSSR count). The molecular weight excluding hydrogens is 254 g/mol. The van der Waals surface area contributed by atoms with E-state index in [1.54, 1.807) is 4.90 Å². The van der Waals surface area contributed by atoms with Gasteiger partial charge in [-0.15, -0.1) is 0 Å². The minimum atomic E-state index is 0.00331. The van der Waals surface area contributed by atoms with Crippen molar-refractivity contribution in [1.82, 2.24) is 15.1 Å².